The fraction of sp³-hybridized carbons (Fsp3) is 0. The van der Waals surface area contributed by atoms with Crippen LogP contribution in [0.15, 0.2) is 58.1 Å². The highest BCUT2D eigenvalue weighted by atomic mass is 79.9. The number of benzene rings is 2. The van der Waals surface area contributed by atoms with Crippen molar-refractivity contribution in [1.29, 1.82) is 0 Å². The molecule has 3 rings (SSSR count). The molecular formula is C15H10BrFN4S. The summed E-state index contributed by atoms with van der Waals surface area (Å²) >= 11 is 8.69. The van der Waals surface area contributed by atoms with E-state index in [1.54, 1.807) is 18.3 Å². The summed E-state index contributed by atoms with van der Waals surface area (Å²) in [6.45, 7) is 0. The molecule has 110 valence electrons. The highest BCUT2D eigenvalue weighted by molar-refractivity contribution is 9.10. The van der Waals surface area contributed by atoms with E-state index in [1.807, 2.05) is 24.3 Å². The minimum absolute atomic E-state index is 0.286. The van der Waals surface area contributed by atoms with Gasteiger partial charge in [-0.3, -0.25) is 0 Å². The molecule has 7 heteroatoms. The van der Waals surface area contributed by atoms with E-state index in [0.717, 1.165) is 15.6 Å². The Kier molecular flexibility index (Phi) is 4.26. The van der Waals surface area contributed by atoms with Crippen molar-refractivity contribution in [2.45, 2.75) is 0 Å². The van der Waals surface area contributed by atoms with E-state index >= 15 is 0 Å². The molecule has 22 heavy (non-hydrogen) atoms. The molecule has 0 bridgehead atoms. The van der Waals surface area contributed by atoms with Crippen LogP contribution in [0, 0.1) is 10.6 Å². The van der Waals surface area contributed by atoms with Gasteiger partial charge in [0.1, 0.15) is 5.82 Å². The van der Waals surface area contributed by atoms with Crippen molar-refractivity contribution in [2.24, 2.45) is 5.10 Å². The van der Waals surface area contributed by atoms with E-state index in [0.29, 0.717) is 10.6 Å². The number of halogens is 2. The van der Waals surface area contributed by atoms with Gasteiger partial charge in [-0.15, -0.1) is 0 Å². The molecule has 0 atom stereocenters. The van der Waals surface area contributed by atoms with Crippen LogP contribution in [0.4, 0.5) is 4.39 Å². The Balaban J connectivity index is 2.02. The maximum Gasteiger partial charge on any atom is 0.216 e. The summed E-state index contributed by atoms with van der Waals surface area (Å²) < 4.78 is 15.7. The molecule has 0 fully saturated rings. The Morgan fingerprint density at radius 2 is 1.91 bits per heavy atom. The van der Waals surface area contributed by atoms with Gasteiger partial charge in [-0.2, -0.15) is 14.9 Å². The predicted molar refractivity (Wildman–Crippen MR) is 89.9 cm³/mol. The van der Waals surface area contributed by atoms with Gasteiger partial charge in [0.05, 0.1) is 6.21 Å². The molecule has 2 aromatic carbocycles. The topological polar surface area (TPSA) is 46.0 Å². The van der Waals surface area contributed by atoms with Gasteiger partial charge in [0.25, 0.3) is 0 Å². The Labute approximate surface area is 139 Å². The number of H-pyrrole nitrogens is 1. The van der Waals surface area contributed by atoms with Gasteiger partial charge >= 0.3 is 0 Å². The van der Waals surface area contributed by atoms with Crippen LogP contribution in [0.2, 0.25) is 0 Å². The number of hydrogen-bond acceptors (Lipinski definition) is 3. The van der Waals surface area contributed by atoms with Gasteiger partial charge in [0.2, 0.25) is 4.77 Å². The van der Waals surface area contributed by atoms with Crippen LogP contribution in [-0.2, 0) is 0 Å². The summed E-state index contributed by atoms with van der Waals surface area (Å²) in [5, 5.41) is 11.3. The van der Waals surface area contributed by atoms with Gasteiger partial charge in [-0.1, -0.05) is 40.2 Å². The molecule has 3 aromatic rings. The molecule has 1 N–H and O–H groups in total. The van der Waals surface area contributed by atoms with E-state index in [2.05, 4.69) is 31.2 Å². The van der Waals surface area contributed by atoms with E-state index in [4.69, 9.17) is 12.2 Å². The third-order valence-corrected chi connectivity index (χ3v) is 3.91. The molecule has 0 saturated heterocycles. The fourth-order valence-electron chi connectivity index (χ4n) is 1.89. The van der Waals surface area contributed by atoms with Crippen LogP contribution in [0.25, 0.3) is 11.4 Å². The van der Waals surface area contributed by atoms with Crippen molar-refractivity contribution < 1.29 is 4.39 Å². The summed E-state index contributed by atoms with van der Waals surface area (Å²) in [7, 11) is 0. The summed E-state index contributed by atoms with van der Waals surface area (Å²) in [5.74, 6) is 0.307. The zero-order valence-electron chi connectivity index (χ0n) is 11.2. The fourth-order valence-corrected chi connectivity index (χ4v) is 2.53. The second kappa shape index (κ2) is 6.33. The van der Waals surface area contributed by atoms with Crippen LogP contribution in [0.5, 0.6) is 0 Å². The largest absolute Gasteiger partial charge is 0.250 e. The first-order chi connectivity index (χ1) is 10.6. The molecule has 0 aliphatic carbocycles. The number of hydrogen-bond donors (Lipinski definition) is 1. The maximum atomic E-state index is 12.9. The molecular weight excluding hydrogens is 367 g/mol. The predicted octanol–water partition coefficient (Wildman–Crippen LogP) is 4.39. The highest BCUT2D eigenvalue weighted by Crippen LogP contribution is 2.26. The average molecular weight is 377 g/mol. The van der Waals surface area contributed by atoms with Crippen molar-refractivity contribution >= 4 is 34.4 Å². The Bertz CT molecular complexity index is 883. The number of nitrogens with one attached hydrogen (secondary N) is 1. The molecule has 0 amide bonds. The SMILES string of the molecule is Fc1ccc(C=Nn2c(-c3ccccc3Br)n[nH]c2=S)cc1. The smallest absolute Gasteiger partial charge is 0.216 e. The van der Waals surface area contributed by atoms with Gasteiger partial charge < -0.3 is 0 Å². The standard InChI is InChI=1S/C15H10BrFN4S/c16-13-4-2-1-3-12(13)14-19-20-15(22)21(14)18-9-10-5-7-11(17)8-6-10/h1-9H,(H,20,22). The van der Waals surface area contributed by atoms with Crippen LogP contribution in [0.3, 0.4) is 0 Å². The lowest BCUT2D eigenvalue weighted by Crippen LogP contribution is -1.95. The molecule has 0 unspecified atom stereocenters. The summed E-state index contributed by atoms with van der Waals surface area (Å²) in [4.78, 5) is 0. The van der Waals surface area contributed by atoms with E-state index in [9.17, 15) is 4.39 Å². The number of nitrogens with zero attached hydrogens (tertiary/aromatic N) is 3. The average Bonchev–Trinajstić information content (AvgIpc) is 2.88. The van der Waals surface area contributed by atoms with Gasteiger partial charge in [0, 0.05) is 10.0 Å². The first-order valence-corrected chi connectivity index (χ1v) is 7.57. The molecule has 0 aliphatic rings. The first-order valence-electron chi connectivity index (χ1n) is 6.37. The van der Waals surface area contributed by atoms with Crippen LogP contribution in [-0.4, -0.2) is 21.1 Å². The van der Waals surface area contributed by atoms with Gasteiger partial charge in [-0.25, -0.2) is 9.49 Å². The van der Waals surface area contributed by atoms with Gasteiger partial charge in [-0.05, 0) is 42.0 Å². The Morgan fingerprint density at radius 3 is 2.64 bits per heavy atom. The minimum Gasteiger partial charge on any atom is -0.250 e. The number of rotatable bonds is 3. The third-order valence-electron chi connectivity index (χ3n) is 2.96. The molecule has 0 saturated carbocycles. The normalized spacial score (nSPS) is 11.2. The van der Waals surface area contributed by atoms with E-state index in [1.165, 1.54) is 16.8 Å². The molecule has 0 aliphatic heterocycles. The molecule has 0 spiro atoms. The minimum atomic E-state index is -0.286. The highest BCUT2D eigenvalue weighted by Gasteiger charge is 2.10. The Hall–Kier alpha value is -2.12. The zero-order chi connectivity index (χ0) is 15.5. The second-order valence-corrected chi connectivity index (χ2v) is 5.68. The third kappa shape index (κ3) is 3.05. The van der Waals surface area contributed by atoms with E-state index < -0.39 is 0 Å². The maximum absolute atomic E-state index is 12.9. The Morgan fingerprint density at radius 1 is 1.18 bits per heavy atom. The zero-order valence-corrected chi connectivity index (χ0v) is 13.6. The number of aromatic nitrogens is 3. The van der Waals surface area contributed by atoms with E-state index in [-0.39, 0.29) is 5.82 Å². The van der Waals surface area contributed by atoms with Crippen LogP contribution >= 0.6 is 28.1 Å². The van der Waals surface area contributed by atoms with Crippen molar-refractivity contribution in [3.05, 3.63) is 69.2 Å². The number of aromatic amines is 1. The molecule has 1 heterocycles. The van der Waals surface area contributed by atoms with Crippen molar-refractivity contribution in [3.63, 3.8) is 0 Å². The lowest BCUT2D eigenvalue weighted by Gasteiger charge is -2.03. The first kappa shape index (κ1) is 14.8. The second-order valence-electron chi connectivity index (χ2n) is 4.44. The lowest BCUT2D eigenvalue weighted by atomic mass is 10.2. The monoisotopic (exact) mass is 376 g/mol. The van der Waals surface area contributed by atoms with Crippen molar-refractivity contribution in [3.8, 4) is 11.4 Å². The van der Waals surface area contributed by atoms with Crippen LogP contribution in [0.1, 0.15) is 5.56 Å². The summed E-state index contributed by atoms with van der Waals surface area (Å²) in [6, 6.07) is 13.7. The van der Waals surface area contributed by atoms with Crippen molar-refractivity contribution in [2.75, 3.05) is 0 Å². The van der Waals surface area contributed by atoms with Gasteiger partial charge in [0.15, 0.2) is 5.82 Å². The summed E-state index contributed by atoms with van der Waals surface area (Å²) in [5.41, 5.74) is 1.63. The molecule has 0 radical (unpaired) electrons. The quantitative estimate of drug-likeness (QED) is 0.544. The van der Waals surface area contributed by atoms with Crippen LogP contribution < -0.4 is 0 Å². The summed E-state index contributed by atoms with van der Waals surface area (Å²) in [6.07, 6.45) is 1.60. The molecule has 1 aromatic heterocycles. The lowest BCUT2D eigenvalue weighted by molar-refractivity contribution is 0.628. The van der Waals surface area contributed by atoms with Crippen molar-refractivity contribution in [1.82, 2.24) is 14.9 Å². The molecule has 4 nitrogen and oxygen atoms in total.